The van der Waals surface area contributed by atoms with Gasteiger partial charge in [0, 0.05) is 6.54 Å². The Morgan fingerprint density at radius 2 is 2.17 bits per heavy atom. The number of thioether (sulfide) groups is 1. The highest BCUT2D eigenvalue weighted by atomic mass is 32.2. The van der Waals surface area contributed by atoms with Gasteiger partial charge >= 0.3 is 5.97 Å². The normalized spacial score (nSPS) is 15.2. The molecule has 2 rings (SSSR count). The number of nitrogens with zero attached hydrogens (tertiary/aromatic N) is 1. The van der Waals surface area contributed by atoms with E-state index < -0.39 is 11.9 Å². The molecule has 0 saturated carbocycles. The zero-order valence-electron chi connectivity index (χ0n) is 13.4. The maximum atomic E-state index is 11.9. The molecule has 8 heteroatoms. The van der Waals surface area contributed by atoms with Crippen molar-refractivity contribution in [1.82, 2.24) is 10.2 Å². The molecule has 1 heterocycles. The standard InChI is InChI=1S/C16H20N2O5S/c1-23-13-5-3-2-4-11(13)6-12(16(21)22)7-17-14(19)8-18-10-24-9-15(18)20/h2-5,12H,6-10H2,1H3,(H,17,19)(H,21,22). The Morgan fingerprint density at radius 3 is 2.79 bits per heavy atom. The van der Waals surface area contributed by atoms with Crippen LogP contribution < -0.4 is 10.1 Å². The quantitative estimate of drug-likeness (QED) is 0.711. The number of amides is 2. The smallest absolute Gasteiger partial charge is 0.308 e. The number of carboxylic acids is 1. The van der Waals surface area contributed by atoms with E-state index in [9.17, 15) is 19.5 Å². The van der Waals surface area contributed by atoms with Gasteiger partial charge in [0.2, 0.25) is 11.8 Å². The number of methoxy groups -OCH3 is 1. The van der Waals surface area contributed by atoms with Crippen molar-refractivity contribution in [2.45, 2.75) is 6.42 Å². The molecule has 0 radical (unpaired) electrons. The summed E-state index contributed by atoms with van der Waals surface area (Å²) in [5, 5.41) is 12.0. The number of ether oxygens (including phenoxy) is 1. The molecule has 1 aliphatic heterocycles. The average Bonchev–Trinajstić information content (AvgIpc) is 2.96. The van der Waals surface area contributed by atoms with Gasteiger partial charge in [0.1, 0.15) is 12.3 Å². The van der Waals surface area contributed by atoms with E-state index in [1.807, 2.05) is 12.1 Å². The Morgan fingerprint density at radius 1 is 1.42 bits per heavy atom. The zero-order valence-corrected chi connectivity index (χ0v) is 14.2. The first-order valence-electron chi connectivity index (χ1n) is 7.48. The van der Waals surface area contributed by atoms with Crippen LogP contribution in [0.3, 0.4) is 0 Å². The molecule has 1 aromatic rings. The number of aliphatic carboxylic acids is 1. The lowest BCUT2D eigenvalue weighted by molar-refractivity contribution is -0.142. The van der Waals surface area contributed by atoms with Gasteiger partial charge in [-0.25, -0.2) is 0 Å². The van der Waals surface area contributed by atoms with Crippen LogP contribution >= 0.6 is 11.8 Å². The van der Waals surface area contributed by atoms with Gasteiger partial charge in [-0.3, -0.25) is 14.4 Å². The lowest BCUT2D eigenvalue weighted by Crippen LogP contribution is -2.41. The molecule has 7 nitrogen and oxygen atoms in total. The number of nitrogens with one attached hydrogen (secondary N) is 1. The lowest BCUT2D eigenvalue weighted by Gasteiger charge is -2.17. The van der Waals surface area contributed by atoms with Gasteiger partial charge in [0.05, 0.1) is 24.7 Å². The number of para-hydroxylation sites is 1. The van der Waals surface area contributed by atoms with E-state index in [-0.39, 0.29) is 31.3 Å². The predicted octanol–water partition coefficient (Wildman–Crippen LogP) is 0.588. The summed E-state index contributed by atoms with van der Waals surface area (Å²) in [6.45, 7) is -0.0335. The molecule has 2 N–H and O–H groups in total. The minimum absolute atomic E-state index is 0.00138. The molecule has 24 heavy (non-hydrogen) atoms. The van der Waals surface area contributed by atoms with Crippen LogP contribution in [0.25, 0.3) is 0 Å². The van der Waals surface area contributed by atoms with Crippen molar-refractivity contribution < 1.29 is 24.2 Å². The van der Waals surface area contributed by atoms with Crippen molar-refractivity contribution in [3.8, 4) is 5.75 Å². The Balaban J connectivity index is 1.90. The summed E-state index contributed by atoms with van der Waals surface area (Å²) >= 11 is 1.46. The Bertz CT molecular complexity index is 622. The van der Waals surface area contributed by atoms with Crippen molar-refractivity contribution in [3.63, 3.8) is 0 Å². The fourth-order valence-corrected chi connectivity index (χ4v) is 3.29. The predicted molar refractivity (Wildman–Crippen MR) is 89.9 cm³/mol. The van der Waals surface area contributed by atoms with Crippen LogP contribution in [0, 0.1) is 5.92 Å². The third-order valence-electron chi connectivity index (χ3n) is 3.71. The van der Waals surface area contributed by atoms with E-state index in [2.05, 4.69) is 5.32 Å². The average molecular weight is 352 g/mol. The van der Waals surface area contributed by atoms with E-state index in [1.54, 1.807) is 12.1 Å². The molecule has 0 bridgehead atoms. The Hall–Kier alpha value is -2.22. The largest absolute Gasteiger partial charge is 0.496 e. The molecule has 130 valence electrons. The van der Waals surface area contributed by atoms with Crippen LogP contribution in [0.15, 0.2) is 24.3 Å². The Kier molecular flexibility index (Phi) is 6.48. The van der Waals surface area contributed by atoms with Crippen molar-refractivity contribution in [2.24, 2.45) is 5.92 Å². The van der Waals surface area contributed by atoms with Crippen molar-refractivity contribution in [2.75, 3.05) is 31.8 Å². The van der Waals surface area contributed by atoms with E-state index in [4.69, 9.17) is 4.74 Å². The molecule has 1 saturated heterocycles. The number of carbonyl (C=O) groups is 3. The monoisotopic (exact) mass is 352 g/mol. The molecule has 1 fully saturated rings. The maximum absolute atomic E-state index is 11.9. The van der Waals surface area contributed by atoms with Crippen LogP contribution in [0.5, 0.6) is 5.75 Å². The minimum atomic E-state index is -0.992. The van der Waals surface area contributed by atoms with Crippen LogP contribution in [-0.2, 0) is 20.8 Å². The molecule has 0 aliphatic carbocycles. The van der Waals surface area contributed by atoms with Gasteiger partial charge in [0.25, 0.3) is 0 Å². The van der Waals surface area contributed by atoms with Gasteiger partial charge in [0.15, 0.2) is 0 Å². The number of benzene rings is 1. The van der Waals surface area contributed by atoms with Gasteiger partial charge < -0.3 is 20.1 Å². The van der Waals surface area contributed by atoms with Crippen molar-refractivity contribution in [1.29, 1.82) is 0 Å². The van der Waals surface area contributed by atoms with E-state index in [0.29, 0.717) is 17.4 Å². The SMILES string of the molecule is COc1ccccc1CC(CNC(=O)CN1CSCC1=O)C(=O)O. The first-order chi connectivity index (χ1) is 11.5. The van der Waals surface area contributed by atoms with Gasteiger partial charge in [-0.1, -0.05) is 18.2 Å². The number of hydrogen-bond donors (Lipinski definition) is 2. The summed E-state index contributed by atoms with van der Waals surface area (Å²) in [6.07, 6.45) is 0.248. The summed E-state index contributed by atoms with van der Waals surface area (Å²) in [6, 6.07) is 7.19. The van der Waals surface area contributed by atoms with E-state index in [1.165, 1.54) is 23.8 Å². The molecular weight excluding hydrogens is 332 g/mol. The number of carbonyl (C=O) groups excluding carboxylic acids is 2. The van der Waals surface area contributed by atoms with Crippen LogP contribution in [0.2, 0.25) is 0 Å². The highest BCUT2D eigenvalue weighted by Crippen LogP contribution is 2.21. The van der Waals surface area contributed by atoms with Gasteiger partial charge in [-0.2, -0.15) is 0 Å². The zero-order chi connectivity index (χ0) is 17.5. The molecule has 1 unspecified atom stereocenters. The minimum Gasteiger partial charge on any atom is -0.496 e. The molecular formula is C16H20N2O5S. The third-order valence-corrected chi connectivity index (χ3v) is 4.66. The fourth-order valence-electron chi connectivity index (χ4n) is 2.39. The first kappa shape index (κ1) is 18.1. The van der Waals surface area contributed by atoms with Crippen molar-refractivity contribution >= 4 is 29.5 Å². The second-order valence-electron chi connectivity index (χ2n) is 5.42. The third kappa shape index (κ3) is 4.89. The number of rotatable bonds is 8. The van der Waals surface area contributed by atoms with Crippen molar-refractivity contribution in [3.05, 3.63) is 29.8 Å². The topological polar surface area (TPSA) is 95.9 Å². The molecule has 1 aromatic carbocycles. The second kappa shape index (κ2) is 8.58. The van der Waals surface area contributed by atoms with Gasteiger partial charge in [-0.05, 0) is 18.1 Å². The molecule has 0 aromatic heterocycles. The van der Waals surface area contributed by atoms with E-state index in [0.717, 1.165) is 5.56 Å². The highest BCUT2D eigenvalue weighted by Gasteiger charge is 2.24. The van der Waals surface area contributed by atoms with E-state index >= 15 is 0 Å². The van der Waals surface area contributed by atoms with Crippen LogP contribution in [-0.4, -0.2) is 59.6 Å². The molecule has 0 spiro atoms. The number of hydrogen-bond acceptors (Lipinski definition) is 5. The van der Waals surface area contributed by atoms with Gasteiger partial charge in [-0.15, -0.1) is 11.8 Å². The first-order valence-corrected chi connectivity index (χ1v) is 8.63. The fraction of sp³-hybridized carbons (Fsp3) is 0.438. The summed E-state index contributed by atoms with van der Waals surface area (Å²) < 4.78 is 5.23. The van der Waals surface area contributed by atoms with Crippen LogP contribution in [0.1, 0.15) is 5.56 Å². The summed E-state index contributed by atoms with van der Waals surface area (Å²) in [5.74, 6) is -0.678. The Labute approximate surface area is 144 Å². The maximum Gasteiger partial charge on any atom is 0.308 e. The second-order valence-corrected chi connectivity index (χ2v) is 6.38. The summed E-state index contributed by atoms with van der Waals surface area (Å²) in [7, 11) is 1.53. The number of carboxylic acid groups (broad SMARTS) is 1. The molecule has 2 amide bonds. The highest BCUT2D eigenvalue weighted by molar-refractivity contribution is 8.00. The molecule has 1 atom stereocenters. The molecule has 1 aliphatic rings. The summed E-state index contributed by atoms with van der Waals surface area (Å²) in [5.41, 5.74) is 0.771. The van der Waals surface area contributed by atoms with Crippen LogP contribution in [0.4, 0.5) is 0 Å². The lowest BCUT2D eigenvalue weighted by atomic mass is 9.98. The summed E-state index contributed by atoms with van der Waals surface area (Å²) in [4.78, 5) is 36.3.